The highest BCUT2D eigenvalue weighted by Gasteiger charge is 2.77. The molecule has 10 rings (SSSR count). The van der Waals surface area contributed by atoms with Gasteiger partial charge in [0.1, 0.15) is 0 Å². The molecule has 3 aromatic heterocycles. The Hall–Kier alpha value is -7.42. The molecule has 0 aliphatic carbocycles. The van der Waals surface area contributed by atoms with Crippen molar-refractivity contribution in [3.63, 3.8) is 0 Å². The van der Waals surface area contributed by atoms with Crippen molar-refractivity contribution < 1.29 is 52.7 Å². The van der Waals surface area contributed by atoms with Gasteiger partial charge in [0.25, 0.3) is 0 Å². The molecule has 338 valence electrons. The molecule has 0 atom stereocenters. The molecule has 0 radical (unpaired) electrons. The van der Waals surface area contributed by atoms with E-state index >= 15 is 52.7 Å². The van der Waals surface area contributed by atoms with E-state index in [-0.39, 0.29) is 28.1 Å². The van der Waals surface area contributed by atoms with E-state index in [9.17, 15) is 0 Å². The van der Waals surface area contributed by atoms with Gasteiger partial charge in [-0.1, -0.05) is 115 Å². The molecule has 0 saturated heterocycles. The highest BCUT2D eigenvalue weighted by Crippen LogP contribution is 2.61. The summed E-state index contributed by atoms with van der Waals surface area (Å²) >= 11 is 0. The molecule has 0 amide bonds. The van der Waals surface area contributed by atoms with Crippen LogP contribution in [0.25, 0.3) is 60.7 Å². The summed E-state index contributed by atoms with van der Waals surface area (Å²) < 4.78 is 196. The van der Waals surface area contributed by atoms with Crippen molar-refractivity contribution in [3.8, 4) is 17.1 Å². The van der Waals surface area contributed by atoms with Crippen molar-refractivity contribution in [2.45, 2.75) is 35.5 Å². The van der Waals surface area contributed by atoms with Gasteiger partial charge in [0, 0.05) is 38.6 Å². The van der Waals surface area contributed by atoms with Gasteiger partial charge in [-0.3, -0.25) is 0 Å². The SMILES string of the molecule is FC(F)(F)C(c1ccc(-n2c3ccccc3c3ccccc32)cc1)(c1ccc(C(c2ccc(-n3c4ccccc4c4ccccc43)cc2)(C(F)(F)F)C(F)(F)F)n1-c1ccccc1)C(F)(F)F. The van der Waals surface area contributed by atoms with Crippen LogP contribution in [0.15, 0.2) is 188 Å². The van der Waals surface area contributed by atoms with Gasteiger partial charge < -0.3 is 13.7 Å². The molecule has 0 saturated carbocycles. The summed E-state index contributed by atoms with van der Waals surface area (Å²) in [5.41, 5.74) is -15.6. The summed E-state index contributed by atoms with van der Waals surface area (Å²) in [5.74, 6) is 0. The molecule has 10 aromatic rings. The second-order valence-electron chi connectivity index (χ2n) is 16.1. The maximum absolute atomic E-state index is 16.0. The average molecular weight is 926 g/mol. The summed E-state index contributed by atoms with van der Waals surface area (Å²) in [4.78, 5) is 0. The molecule has 0 unspecified atom stereocenters. The highest BCUT2D eigenvalue weighted by molar-refractivity contribution is 6.10. The number of fused-ring (bicyclic) bond motifs is 6. The second-order valence-corrected chi connectivity index (χ2v) is 16.1. The Kier molecular flexibility index (Phi) is 9.77. The highest BCUT2D eigenvalue weighted by atomic mass is 19.4. The van der Waals surface area contributed by atoms with Crippen LogP contribution in [0.1, 0.15) is 22.5 Å². The normalized spacial score (nSPS) is 13.4. The molecular weight excluding hydrogens is 895 g/mol. The molecule has 7 aromatic carbocycles. The first kappa shape index (κ1) is 43.5. The Morgan fingerprint density at radius 2 is 0.493 bits per heavy atom. The van der Waals surface area contributed by atoms with Crippen LogP contribution in [0, 0.1) is 0 Å². The van der Waals surface area contributed by atoms with Crippen LogP contribution >= 0.6 is 0 Å². The fourth-order valence-corrected chi connectivity index (χ4v) is 9.85. The molecule has 3 nitrogen and oxygen atoms in total. The number of hydrogen-bond acceptors (Lipinski definition) is 0. The van der Waals surface area contributed by atoms with E-state index in [1.165, 1.54) is 6.07 Å². The Morgan fingerprint density at radius 3 is 0.776 bits per heavy atom. The number of alkyl halides is 12. The molecule has 67 heavy (non-hydrogen) atoms. The predicted octanol–water partition coefficient (Wildman–Crippen LogP) is 15.5. The van der Waals surface area contributed by atoms with Crippen LogP contribution < -0.4 is 0 Å². The van der Waals surface area contributed by atoms with Crippen LogP contribution in [0.2, 0.25) is 0 Å². The number of para-hydroxylation sites is 5. The van der Waals surface area contributed by atoms with E-state index in [1.807, 2.05) is 0 Å². The van der Waals surface area contributed by atoms with Gasteiger partial charge in [-0.25, -0.2) is 0 Å². The van der Waals surface area contributed by atoms with Crippen LogP contribution in [0.3, 0.4) is 0 Å². The lowest BCUT2D eigenvalue weighted by Gasteiger charge is -2.41. The van der Waals surface area contributed by atoms with Gasteiger partial charge in [0.15, 0.2) is 0 Å². The van der Waals surface area contributed by atoms with Crippen LogP contribution in [-0.4, -0.2) is 38.4 Å². The van der Waals surface area contributed by atoms with Crippen LogP contribution in [0.4, 0.5) is 52.7 Å². The van der Waals surface area contributed by atoms with Gasteiger partial charge in [-0.15, -0.1) is 0 Å². The van der Waals surface area contributed by atoms with Crippen LogP contribution in [0.5, 0.6) is 0 Å². The summed E-state index contributed by atoms with van der Waals surface area (Å²) in [7, 11) is 0. The third-order valence-corrected chi connectivity index (χ3v) is 12.6. The number of aromatic nitrogens is 3. The standard InChI is InChI=1S/C52H31F12N3/c53-49(54,55)47(50(56,57)58,32-22-26-35(27-23-32)65-41-18-8-4-14-37(41)38-15-5-9-19-42(38)65)45-30-31-46(67(45)34-12-2-1-3-13-34)48(51(59,60)61,52(62,63)64)33-24-28-36(29-25-33)66-43-20-10-6-16-39(43)40-17-7-11-21-44(40)66/h1-31H. The largest absolute Gasteiger partial charge is 0.412 e. The van der Waals surface area contributed by atoms with Crippen molar-refractivity contribution in [2.24, 2.45) is 0 Å². The average Bonchev–Trinajstić information content (AvgIpc) is 3.97. The first-order chi connectivity index (χ1) is 31.8. The minimum atomic E-state index is -6.41. The third kappa shape index (κ3) is 6.22. The number of nitrogens with zero attached hydrogens (tertiary/aromatic N) is 3. The molecule has 0 aliphatic heterocycles. The summed E-state index contributed by atoms with van der Waals surface area (Å²) in [5, 5.41) is 2.92. The van der Waals surface area contributed by atoms with Gasteiger partial charge in [0.05, 0.1) is 33.5 Å². The minimum absolute atomic E-state index is 0.0584. The molecule has 3 heterocycles. The number of halogens is 12. The fraction of sp³-hybridized carbons (Fsp3) is 0.115. The fourth-order valence-electron chi connectivity index (χ4n) is 9.85. The van der Waals surface area contributed by atoms with Crippen molar-refractivity contribution in [3.05, 3.63) is 211 Å². The predicted molar refractivity (Wildman–Crippen MR) is 233 cm³/mol. The summed E-state index contributed by atoms with van der Waals surface area (Å²) in [6.45, 7) is 0. The van der Waals surface area contributed by atoms with Gasteiger partial charge >= 0.3 is 24.7 Å². The minimum Gasteiger partial charge on any atom is -0.315 e. The molecule has 0 bridgehead atoms. The smallest absolute Gasteiger partial charge is 0.315 e. The van der Waals surface area contributed by atoms with Crippen molar-refractivity contribution in [1.82, 2.24) is 13.7 Å². The van der Waals surface area contributed by atoms with E-state index in [4.69, 9.17) is 0 Å². The van der Waals surface area contributed by atoms with Gasteiger partial charge in [0.2, 0.25) is 10.8 Å². The van der Waals surface area contributed by atoms with Gasteiger partial charge in [-0.05, 0) is 83.9 Å². The Labute approximate surface area is 372 Å². The Bertz CT molecular complexity index is 3110. The Morgan fingerprint density at radius 1 is 0.239 bits per heavy atom. The zero-order valence-electron chi connectivity index (χ0n) is 34.3. The lowest BCUT2D eigenvalue weighted by atomic mass is 9.74. The zero-order chi connectivity index (χ0) is 47.3. The van der Waals surface area contributed by atoms with E-state index < -0.39 is 63.7 Å². The number of benzene rings is 7. The first-order valence-electron chi connectivity index (χ1n) is 20.6. The maximum Gasteiger partial charge on any atom is 0.412 e. The van der Waals surface area contributed by atoms with E-state index in [0.29, 0.717) is 46.3 Å². The molecule has 0 fully saturated rings. The third-order valence-electron chi connectivity index (χ3n) is 12.6. The molecular formula is C52H31F12N3. The summed E-state index contributed by atoms with van der Waals surface area (Å²) in [6.07, 6.45) is -25.6. The first-order valence-corrected chi connectivity index (χ1v) is 20.6. The van der Waals surface area contributed by atoms with E-state index in [0.717, 1.165) is 70.1 Å². The zero-order valence-corrected chi connectivity index (χ0v) is 34.3. The molecule has 0 aliphatic rings. The quantitative estimate of drug-likeness (QED) is 0.142. The molecule has 0 N–H and O–H groups in total. The van der Waals surface area contributed by atoms with Gasteiger partial charge in [-0.2, -0.15) is 52.7 Å². The number of rotatable bonds is 7. The monoisotopic (exact) mass is 925 g/mol. The molecule has 0 spiro atoms. The lowest BCUT2D eigenvalue weighted by molar-refractivity contribution is -0.291. The maximum atomic E-state index is 16.0. The number of hydrogen-bond donors (Lipinski definition) is 0. The van der Waals surface area contributed by atoms with Crippen molar-refractivity contribution in [2.75, 3.05) is 0 Å². The van der Waals surface area contributed by atoms with Crippen LogP contribution in [-0.2, 0) is 10.8 Å². The van der Waals surface area contributed by atoms with E-state index in [2.05, 4.69) is 0 Å². The second kappa shape index (κ2) is 15.1. The van der Waals surface area contributed by atoms with Crippen molar-refractivity contribution >= 4 is 43.6 Å². The summed E-state index contributed by atoms with van der Waals surface area (Å²) in [6, 6.07) is 39.3. The lowest BCUT2D eigenvalue weighted by Crippen LogP contribution is -2.57. The van der Waals surface area contributed by atoms with E-state index in [1.54, 1.807) is 106 Å². The Balaban J connectivity index is 1.23. The molecule has 15 heteroatoms. The topological polar surface area (TPSA) is 14.8 Å². The van der Waals surface area contributed by atoms with Crippen molar-refractivity contribution in [1.29, 1.82) is 0 Å².